The van der Waals surface area contributed by atoms with Crippen LogP contribution in [0.1, 0.15) is 38.7 Å². The van der Waals surface area contributed by atoms with Gasteiger partial charge in [-0.15, -0.1) is 24.0 Å². The Morgan fingerprint density at radius 3 is 2.71 bits per heavy atom. The number of likely N-dealkylation sites (tertiary alicyclic amines) is 1. The number of nitrogens with zero attached hydrogens (tertiary/aromatic N) is 2. The second-order valence-corrected chi connectivity index (χ2v) is 6.38. The molecule has 1 saturated heterocycles. The molecule has 0 spiro atoms. The van der Waals surface area contributed by atoms with E-state index in [1.54, 1.807) is 7.11 Å². The van der Waals surface area contributed by atoms with Gasteiger partial charge < -0.3 is 15.0 Å². The van der Waals surface area contributed by atoms with Gasteiger partial charge in [-0.2, -0.15) is 0 Å². The van der Waals surface area contributed by atoms with Crippen molar-refractivity contribution in [2.45, 2.75) is 39.5 Å². The molecular formula is C19H32IN3O. The van der Waals surface area contributed by atoms with Crippen molar-refractivity contribution in [1.82, 2.24) is 10.2 Å². The normalized spacial score (nSPS) is 18.0. The van der Waals surface area contributed by atoms with Crippen LogP contribution in [0.25, 0.3) is 0 Å². The molecule has 0 saturated carbocycles. The number of ether oxygens (including phenoxy) is 1. The minimum Gasteiger partial charge on any atom is -0.497 e. The van der Waals surface area contributed by atoms with Gasteiger partial charge in [0.2, 0.25) is 0 Å². The third-order valence-corrected chi connectivity index (χ3v) is 4.34. The van der Waals surface area contributed by atoms with Gasteiger partial charge in [0, 0.05) is 26.2 Å². The van der Waals surface area contributed by atoms with Gasteiger partial charge in [0.1, 0.15) is 5.75 Å². The molecule has 1 heterocycles. The predicted molar refractivity (Wildman–Crippen MR) is 113 cm³/mol. The predicted octanol–water partition coefficient (Wildman–Crippen LogP) is 3.94. The zero-order chi connectivity index (χ0) is 16.5. The fourth-order valence-electron chi connectivity index (χ4n) is 3.07. The molecule has 4 nitrogen and oxygen atoms in total. The highest BCUT2D eigenvalue weighted by Crippen LogP contribution is 2.16. The first-order valence-corrected chi connectivity index (χ1v) is 8.89. The molecule has 0 aromatic heterocycles. The molecule has 24 heavy (non-hydrogen) atoms. The van der Waals surface area contributed by atoms with Crippen molar-refractivity contribution < 1.29 is 4.74 Å². The molecule has 1 aromatic carbocycles. The van der Waals surface area contributed by atoms with Crippen LogP contribution in [0.5, 0.6) is 5.75 Å². The first-order valence-electron chi connectivity index (χ1n) is 8.89. The fraction of sp³-hybridized carbons (Fsp3) is 0.632. The molecule has 1 fully saturated rings. The quantitative estimate of drug-likeness (QED) is 0.312. The third kappa shape index (κ3) is 6.87. The first-order chi connectivity index (χ1) is 11.2. The van der Waals surface area contributed by atoms with E-state index in [9.17, 15) is 0 Å². The number of piperidine rings is 1. The molecule has 0 aliphatic carbocycles. The van der Waals surface area contributed by atoms with Crippen molar-refractivity contribution in [2.75, 3.05) is 33.3 Å². The molecule has 0 amide bonds. The summed E-state index contributed by atoms with van der Waals surface area (Å²) in [5.74, 6) is 2.78. The molecule has 1 unspecified atom stereocenters. The molecule has 1 atom stereocenters. The van der Waals surface area contributed by atoms with Crippen LogP contribution in [0.2, 0.25) is 0 Å². The van der Waals surface area contributed by atoms with E-state index in [0.717, 1.165) is 56.6 Å². The van der Waals surface area contributed by atoms with Crippen LogP contribution in [0.4, 0.5) is 0 Å². The maximum atomic E-state index is 5.19. The van der Waals surface area contributed by atoms with E-state index in [0.29, 0.717) is 0 Å². The van der Waals surface area contributed by atoms with E-state index in [1.807, 2.05) is 12.1 Å². The van der Waals surface area contributed by atoms with Gasteiger partial charge in [0.15, 0.2) is 5.96 Å². The highest BCUT2D eigenvalue weighted by atomic mass is 127. The number of nitrogens with one attached hydrogen (secondary N) is 1. The van der Waals surface area contributed by atoms with Crippen LogP contribution in [0.3, 0.4) is 0 Å². The lowest BCUT2D eigenvalue weighted by molar-refractivity contribution is 0.266. The van der Waals surface area contributed by atoms with E-state index in [2.05, 4.69) is 36.2 Å². The largest absolute Gasteiger partial charge is 0.497 e. The Morgan fingerprint density at radius 1 is 1.33 bits per heavy atom. The summed E-state index contributed by atoms with van der Waals surface area (Å²) in [7, 11) is 1.70. The fourth-order valence-corrected chi connectivity index (χ4v) is 3.07. The van der Waals surface area contributed by atoms with Gasteiger partial charge in [-0.25, -0.2) is 0 Å². The summed E-state index contributed by atoms with van der Waals surface area (Å²) in [6.45, 7) is 8.54. The summed E-state index contributed by atoms with van der Waals surface area (Å²) in [4.78, 5) is 7.25. The summed E-state index contributed by atoms with van der Waals surface area (Å²) >= 11 is 0. The van der Waals surface area contributed by atoms with Crippen molar-refractivity contribution in [3.8, 4) is 5.75 Å². The lowest BCUT2D eigenvalue weighted by Gasteiger charge is -2.33. The highest BCUT2D eigenvalue weighted by molar-refractivity contribution is 14.0. The summed E-state index contributed by atoms with van der Waals surface area (Å²) in [6.07, 6.45) is 4.75. The maximum absolute atomic E-state index is 5.19. The minimum atomic E-state index is 0. The standard InChI is InChI=1S/C19H31N3O.HI/c1-4-20-19(22-14-6-7-16(2)15-22)21-13-5-8-17-9-11-18(23-3)12-10-17;/h9-12,16H,4-8,13-15H2,1-3H3,(H,20,21);1H. The molecule has 5 heteroatoms. The lowest BCUT2D eigenvalue weighted by Crippen LogP contribution is -2.46. The molecule has 0 radical (unpaired) electrons. The van der Waals surface area contributed by atoms with E-state index in [4.69, 9.17) is 9.73 Å². The van der Waals surface area contributed by atoms with Crippen molar-refractivity contribution in [3.63, 3.8) is 0 Å². The first kappa shape index (κ1) is 21.1. The van der Waals surface area contributed by atoms with Crippen LogP contribution in [0, 0.1) is 5.92 Å². The Kier molecular flexibility index (Phi) is 10.1. The second-order valence-electron chi connectivity index (χ2n) is 6.38. The zero-order valence-corrected chi connectivity index (χ0v) is 17.6. The van der Waals surface area contributed by atoms with Crippen LogP contribution >= 0.6 is 24.0 Å². The Morgan fingerprint density at radius 2 is 2.08 bits per heavy atom. The van der Waals surface area contributed by atoms with Crippen LogP contribution in [-0.2, 0) is 6.42 Å². The topological polar surface area (TPSA) is 36.9 Å². The average Bonchev–Trinajstić information content (AvgIpc) is 2.58. The zero-order valence-electron chi connectivity index (χ0n) is 15.3. The Labute approximate surface area is 164 Å². The summed E-state index contributed by atoms with van der Waals surface area (Å²) < 4.78 is 5.19. The Hall–Kier alpha value is -0.980. The van der Waals surface area contributed by atoms with Gasteiger partial charge in [-0.05, 0) is 56.2 Å². The molecule has 2 rings (SSSR count). The number of hydrogen-bond acceptors (Lipinski definition) is 2. The summed E-state index contributed by atoms with van der Waals surface area (Å²) in [5, 5.41) is 3.45. The molecule has 0 bridgehead atoms. The molecule has 1 aromatic rings. The third-order valence-electron chi connectivity index (χ3n) is 4.34. The van der Waals surface area contributed by atoms with Gasteiger partial charge in [-0.1, -0.05) is 19.1 Å². The number of halogens is 1. The number of hydrogen-bond donors (Lipinski definition) is 1. The number of rotatable bonds is 6. The van der Waals surface area contributed by atoms with Crippen LogP contribution < -0.4 is 10.1 Å². The maximum Gasteiger partial charge on any atom is 0.193 e. The van der Waals surface area contributed by atoms with Gasteiger partial charge in [0.25, 0.3) is 0 Å². The average molecular weight is 445 g/mol. The summed E-state index contributed by atoms with van der Waals surface area (Å²) in [5.41, 5.74) is 1.34. The van der Waals surface area contributed by atoms with E-state index < -0.39 is 0 Å². The summed E-state index contributed by atoms with van der Waals surface area (Å²) in [6, 6.07) is 8.33. The smallest absolute Gasteiger partial charge is 0.193 e. The van der Waals surface area contributed by atoms with Crippen molar-refractivity contribution in [3.05, 3.63) is 29.8 Å². The molecular weight excluding hydrogens is 413 g/mol. The van der Waals surface area contributed by atoms with Crippen molar-refractivity contribution >= 4 is 29.9 Å². The number of benzene rings is 1. The Balaban J connectivity index is 0.00000288. The van der Waals surface area contributed by atoms with Crippen LogP contribution in [0.15, 0.2) is 29.3 Å². The number of guanidine groups is 1. The SMILES string of the molecule is CCNC(=NCCCc1ccc(OC)cc1)N1CCCC(C)C1.I. The lowest BCUT2D eigenvalue weighted by atomic mass is 10.0. The van der Waals surface area contributed by atoms with Gasteiger partial charge in [-0.3, -0.25) is 4.99 Å². The van der Waals surface area contributed by atoms with E-state index in [1.165, 1.54) is 18.4 Å². The molecule has 136 valence electrons. The van der Waals surface area contributed by atoms with E-state index in [-0.39, 0.29) is 24.0 Å². The van der Waals surface area contributed by atoms with Crippen molar-refractivity contribution in [2.24, 2.45) is 10.9 Å². The molecule has 1 aliphatic heterocycles. The van der Waals surface area contributed by atoms with E-state index >= 15 is 0 Å². The highest BCUT2D eigenvalue weighted by Gasteiger charge is 2.18. The minimum absolute atomic E-state index is 0. The molecule has 1 N–H and O–H groups in total. The number of aryl methyl sites for hydroxylation is 1. The van der Waals surface area contributed by atoms with Crippen LogP contribution in [-0.4, -0.2) is 44.1 Å². The van der Waals surface area contributed by atoms with Gasteiger partial charge >= 0.3 is 0 Å². The number of methoxy groups -OCH3 is 1. The molecule has 1 aliphatic rings. The van der Waals surface area contributed by atoms with Gasteiger partial charge in [0.05, 0.1) is 7.11 Å². The van der Waals surface area contributed by atoms with Crippen molar-refractivity contribution in [1.29, 1.82) is 0 Å². The second kappa shape index (κ2) is 11.6. The number of aliphatic imine (C=N–C) groups is 1. The Bertz CT molecular complexity index is 490. The monoisotopic (exact) mass is 445 g/mol.